The molecule has 13 heteroatoms. The Hall–Kier alpha value is -5.07. The van der Waals surface area contributed by atoms with Gasteiger partial charge in [0, 0.05) is 61.7 Å². The molecule has 2 aromatic carbocycles. The van der Waals surface area contributed by atoms with Gasteiger partial charge in [-0.05, 0) is 68.5 Å². The minimum atomic E-state index is -0.549. The van der Waals surface area contributed by atoms with Crippen LogP contribution in [-0.4, -0.2) is 46.8 Å². The predicted octanol–water partition coefficient (Wildman–Crippen LogP) is 1.59. The van der Waals surface area contributed by atoms with Crippen LogP contribution in [-0.2, 0) is 31.7 Å². The van der Waals surface area contributed by atoms with Crippen molar-refractivity contribution in [2.45, 2.75) is 45.1 Å². The number of aromatic nitrogens is 3. The van der Waals surface area contributed by atoms with E-state index >= 15 is 0 Å². The fourth-order valence-corrected chi connectivity index (χ4v) is 6.77. The van der Waals surface area contributed by atoms with Crippen LogP contribution in [0.15, 0.2) is 52.1 Å². The second kappa shape index (κ2) is 15.0. The Morgan fingerprint density at radius 1 is 1.08 bits per heavy atom. The molecule has 4 aromatic rings. The quantitative estimate of drug-likeness (QED) is 0.194. The minimum Gasteiger partial charge on any atom is -0.481 e. The maximum atomic E-state index is 13.0. The summed E-state index contributed by atoms with van der Waals surface area (Å²) >= 11 is 7.03. The van der Waals surface area contributed by atoms with Crippen LogP contribution in [0.4, 0.5) is 5.69 Å². The second-order valence-corrected chi connectivity index (χ2v) is 12.6. The lowest BCUT2D eigenvalue weighted by molar-refractivity contribution is -0.119. The number of hydrogen-bond acceptors (Lipinski definition) is 9. The van der Waals surface area contributed by atoms with E-state index in [1.807, 2.05) is 50.4 Å². The first kappa shape index (κ1) is 35.2. The van der Waals surface area contributed by atoms with Gasteiger partial charge >= 0.3 is 5.69 Å². The zero-order valence-electron chi connectivity index (χ0n) is 28.4. The molecule has 0 saturated carbocycles. The van der Waals surface area contributed by atoms with E-state index in [-0.39, 0.29) is 22.3 Å². The largest absolute Gasteiger partial charge is 0.481 e. The molecule has 1 fully saturated rings. The highest BCUT2D eigenvalue weighted by molar-refractivity contribution is 6.36. The highest BCUT2D eigenvalue weighted by atomic mass is 35.5. The molecule has 49 heavy (non-hydrogen) atoms. The van der Waals surface area contributed by atoms with Crippen LogP contribution in [0.25, 0.3) is 34.4 Å². The van der Waals surface area contributed by atoms with E-state index in [1.54, 1.807) is 7.11 Å². The molecular weight excluding hydrogens is 644 g/mol. The van der Waals surface area contributed by atoms with Crippen molar-refractivity contribution in [2.75, 3.05) is 26.0 Å². The number of rotatable bonds is 7. The molecule has 0 spiro atoms. The number of nitrogens with two attached hydrogens (primary N) is 2. The molecule has 1 saturated heterocycles. The number of benzene rings is 2. The number of carbonyl (C=O) groups excluding carboxylic acids is 1. The Balaban J connectivity index is 0.000000452. The number of ether oxygens (including phenoxy) is 1. The van der Waals surface area contributed by atoms with E-state index in [4.69, 9.17) is 32.8 Å². The zero-order chi connectivity index (χ0) is 35.4. The Morgan fingerprint density at radius 2 is 1.80 bits per heavy atom. The van der Waals surface area contributed by atoms with Gasteiger partial charge in [-0.3, -0.25) is 18.7 Å². The monoisotopic (exact) mass is 686 g/mol. The van der Waals surface area contributed by atoms with Gasteiger partial charge in [-0.1, -0.05) is 41.9 Å². The van der Waals surface area contributed by atoms with Crippen molar-refractivity contribution < 1.29 is 9.53 Å². The Kier molecular flexibility index (Phi) is 10.8. The van der Waals surface area contributed by atoms with Crippen LogP contribution < -0.4 is 54.0 Å². The van der Waals surface area contributed by atoms with E-state index in [2.05, 4.69) is 22.0 Å². The predicted molar refractivity (Wildman–Crippen MR) is 195 cm³/mol. The average Bonchev–Trinajstić information content (AvgIpc) is 3.75. The standard InChI is InChI=1S/C30H31ClN6O3.C6H12N2O/c1-16-18(9-7-13-22(16)34-27(33)25-24(15-32)36(2)30(39)37(3)29(25)38)20-11-6-12-21(26(20)31)23-14-17-8-5-10-19(17)28(35-23)40-4;1-7-4-5-2-3-6(9)8-5/h6-7,9,11-15,34H,5,8,10,32-33H2,1-4H3;5,7H,2-4H2,1H3,(H,8,9)/b24-15+,27-25-;. The zero-order valence-corrected chi connectivity index (χ0v) is 29.2. The van der Waals surface area contributed by atoms with Crippen molar-refractivity contribution >= 4 is 35.2 Å². The van der Waals surface area contributed by atoms with Gasteiger partial charge in [0.1, 0.15) is 11.0 Å². The molecule has 0 radical (unpaired) electrons. The third-order valence-corrected chi connectivity index (χ3v) is 9.49. The van der Waals surface area contributed by atoms with E-state index < -0.39 is 11.2 Å². The normalized spacial score (nSPS) is 16.1. The summed E-state index contributed by atoms with van der Waals surface area (Å²) in [7, 11) is 6.47. The SMILES string of the molecule is CNCC1CCC(=O)N1.COc1nc(-c2cccc(-c3cccc(N/C(N)=c4\c(=O)n(C)c(=O)n(C)\c4=C\N)c3C)c2Cl)cc2c1CCC2. The molecule has 1 amide bonds. The molecule has 0 bridgehead atoms. The van der Waals surface area contributed by atoms with Crippen LogP contribution >= 0.6 is 11.6 Å². The number of methoxy groups -OCH3 is 1. The van der Waals surface area contributed by atoms with Crippen molar-refractivity contribution in [3.05, 3.63) is 95.6 Å². The third-order valence-electron chi connectivity index (χ3n) is 9.09. The van der Waals surface area contributed by atoms with Gasteiger partial charge in [0.2, 0.25) is 11.8 Å². The smallest absolute Gasteiger partial charge is 0.330 e. The summed E-state index contributed by atoms with van der Waals surface area (Å²) in [5, 5.41) is 9.92. The number of anilines is 1. The number of hydrogen-bond donors (Lipinski definition) is 5. The summed E-state index contributed by atoms with van der Waals surface area (Å²) in [6.07, 6.45) is 5.93. The van der Waals surface area contributed by atoms with E-state index in [1.165, 1.54) is 36.0 Å². The van der Waals surface area contributed by atoms with Gasteiger partial charge in [-0.15, -0.1) is 0 Å². The molecule has 12 nitrogen and oxygen atoms in total. The van der Waals surface area contributed by atoms with E-state index in [0.717, 1.165) is 64.7 Å². The topological polar surface area (TPSA) is 171 Å². The van der Waals surface area contributed by atoms with E-state index in [0.29, 0.717) is 29.1 Å². The first-order chi connectivity index (χ1) is 23.5. The summed E-state index contributed by atoms with van der Waals surface area (Å²) in [4.78, 5) is 40.7. The number of pyridine rings is 1. The molecule has 2 aliphatic rings. The van der Waals surface area contributed by atoms with Crippen LogP contribution in [0.5, 0.6) is 5.88 Å². The number of fused-ring (bicyclic) bond motifs is 1. The van der Waals surface area contributed by atoms with Gasteiger partial charge in [0.15, 0.2) is 0 Å². The first-order valence-electron chi connectivity index (χ1n) is 16.1. The first-order valence-corrected chi connectivity index (χ1v) is 16.5. The highest BCUT2D eigenvalue weighted by Gasteiger charge is 2.22. The molecule has 1 atom stereocenters. The number of nitrogens with zero attached hydrogens (tertiary/aromatic N) is 3. The Bertz CT molecular complexity index is 2160. The number of likely N-dealkylation sites (N-methyl/N-ethyl adjacent to an activating group) is 1. The van der Waals surface area contributed by atoms with Crippen LogP contribution in [0.2, 0.25) is 5.02 Å². The number of nitrogens with one attached hydrogen (secondary N) is 3. The lowest BCUT2D eigenvalue weighted by Gasteiger charge is -2.17. The fraction of sp³-hybridized carbons (Fsp3) is 0.333. The number of carbonyl (C=O) groups is 1. The maximum absolute atomic E-state index is 13.0. The van der Waals surface area contributed by atoms with Crippen LogP contribution in [0.1, 0.15) is 36.0 Å². The minimum absolute atomic E-state index is 0.0717. The molecule has 1 aliphatic heterocycles. The Labute approximate surface area is 289 Å². The van der Waals surface area contributed by atoms with Crippen molar-refractivity contribution in [1.82, 2.24) is 24.8 Å². The average molecular weight is 687 g/mol. The molecule has 2 aromatic heterocycles. The summed E-state index contributed by atoms with van der Waals surface area (Å²) in [5.74, 6) is 0.913. The second-order valence-electron chi connectivity index (χ2n) is 12.2. The fourth-order valence-electron chi connectivity index (χ4n) is 6.44. The highest BCUT2D eigenvalue weighted by Crippen LogP contribution is 2.40. The van der Waals surface area contributed by atoms with Crippen molar-refractivity contribution in [1.29, 1.82) is 0 Å². The summed E-state index contributed by atoms with van der Waals surface area (Å²) in [5.41, 5.74) is 18.4. The summed E-state index contributed by atoms with van der Waals surface area (Å²) in [6, 6.07) is 14.1. The van der Waals surface area contributed by atoms with Gasteiger partial charge < -0.3 is 32.2 Å². The number of aryl methyl sites for hydroxylation is 1. The van der Waals surface area contributed by atoms with Crippen molar-refractivity contribution in [3.63, 3.8) is 0 Å². The number of halogens is 1. The molecule has 1 unspecified atom stereocenters. The van der Waals surface area contributed by atoms with Gasteiger partial charge in [0.05, 0.1) is 23.2 Å². The summed E-state index contributed by atoms with van der Waals surface area (Å²) < 4.78 is 7.87. The maximum Gasteiger partial charge on any atom is 0.330 e. The lowest BCUT2D eigenvalue weighted by Crippen LogP contribution is -2.59. The van der Waals surface area contributed by atoms with Crippen LogP contribution in [0, 0.1) is 6.92 Å². The molecular formula is C36H43ClN8O4. The van der Waals surface area contributed by atoms with Gasteiger partial charge in [-0.2, -0.15) is 0 Å². The molecule has 6 rings (SSSR count). The van der Waals surface area contributed by atoms with E-state index in [9.17, 15) is 14.4 Å². The third kappa shape index (κ3) is 7.06. The van der Waals surface area contributed by atoms with Crippen LogP contribution in [0.3, 0.4) is 0 Å². The molecule has 7 N–H and O–H groups in total. The van der Waals surface area contributed by atoms with Gasteiger partial charge in [-0.25, -0.2) is 9.78 Å². The molecule has 1 aliphatic carbocycles. The molecule has 3 heterocycles. The molecule has 258 valence electrons. The van der Waals surface area contributed by atoms with Crippen molar-refractivity contribution in [3.8, 4) is 28.3 Å². The Morgan fingerprint density at radius 3 is 2.47 bits per heavy atom. The van der Waals surface area contributed by atoms with Crippen molar-refractivity contribution in [2.24, 2.45) is 25.6 Å². The van der Waals surface area contributed by atoms with Gasteiger partial charge in [0.25, 0.3) is 5.56 Å². The lowest BCUT2D eigenvalue weighted by atomic mass is 9.96. The number of amides is 1. The summed E-state index contributed by atoms with van der Waals surface area (Å²) in [6.45, 7) is 2.84.